The maximum Gasteiger partial charge on any atom is 0.181 e. The molecule has 15 heavy (non-hydrogen) atoms. The second kappa shape index (κ2) is 4.30. The molecule has 3 N–H and O–H groups in total. The van der Waals surface area contributed by atoms with Crippen LogP contribution in [0.4, 0.5) is 0 Å². The molecule has 0 bridgehead atoms. The average Bonchev–Trinajstić information content (AvgIpc) is 2.70. The van der Waals surface area contributed by atoms with Gasteiger partial charge in [0, 0.05) is 10.0 Å². The molecule has 1 aromatic heterocycles. The van der Waals surface area contributed by atoms with Gasteiger partial charge in [0.1, 0.15) is 5.82 Å². The summed E-state index contributed by atoms with van der Waals surface area (Å²) in [5.74, 6) is 1.28. The van der Waals surface area contributed by atoms with Gasteiger partial charge in [0.2, 0.25) is 0 Å². The molecule has 0 amide bonds. The van der Waals surface area contributed by atoms with Crippen LogP contribution in [0, 0.1) is 0 Å². The van der Waals surface area contributed by atoms with E-state index in [-0.39, 0.29) is 0 Å². The Morgan fingerprint density at radius 3 is 2.87 bits per heavy atom. The molecular weight excluding hydrogens is 279 g/mol. The van der Waals surface area contributed by atoms with E-state index in [1.165, 1.54) is 0 Å². The first kappa shape index (κ1) is 10.6. The first-order valence-corrected chi connectivity index (χ1v) is 5.44. The summed E-state index contributed by atoms with van der Waals surface area (Å²) in [6.45, 7) is 0.349. The molecule has 0 saturated carbocycles. The highest BCUT2D eigenvalue weighted by molar-refractivity contribution is 9.10. The van der Waals surface area contributed by atoms with Crippen molar-refractivity contribution in [3.63, 3.8) is 0 Å². The zero-order valence-corrected chi connectivity index (χ0v) is 10.0. The lowest BCUT2D eigenvalue weighted by Gasteiger charge is -1.98. The number of nitrogens with one attached hydrogen (secondary N) is 1. The molecule has 2 aromatic rings. The van der Waals surface area contributed by atoms with Crippen LogP contribution in [0.3, 0.4) is 0 Å². The maximum atomic E-state index is 5.89. The van der Waals surface area contributed by atoms with Crippen molar-refractivity contribution < 1.29 is 0 Å². The zero-order chi connectivity index (χ0) is 10.8. The fourth-order valence-electron chi connectivity index (χ4n) is 1.15. The van der Waals surface area contributed by atoms with Gasteiger partial charge in [-0.15, -0.1) is 0 Å². The minimum absolute atomic E-state index is 0.349. The van der Waals surface area contributed by atoms with Crippen LogP contribution in [-0.2, 0) is 6.54 Å². The summed E-state index contributed by atoms with van der Waals surface area (Å²) in [5.41, 5.74) is 6.32. The van der Waals surface area contributed by atoms with Gasteiger partial charge in [-0.3, -0.25) is 5.10 Å². The van der Waals surface area contributed by atoms with Gasteiger partial charge in [-0.1, -0.05) is 11.6 Å². The Kier molecular flexibility index (Phi) is 3.04. The van der Waals surface area contributed by atoms with E-state index >= 15 is 0 Å². The largest absolute Gasteiger partial charge is 0.324 e. The second-order valence-electron chi connectivity index (χ2n) is 2.94. The minimum atomic E-state index is 0.349. The van der Waals surface area contributed by atoms with Crippen LogP contribution in [0.25, 0.3) is 11.4 Å². The second-order valence-corrected chi connectivity index (χ2v) is 4.20. The average molecular weight is 288 g/mol. The SMILES string of the molecule is NCc1nc(-c2ccc(Cl)c(Br)c2)n[nH]1. The van der Waals surface area contributed by atoms with Crippen LogP contribution < -0.4 is 5.73 Å². The number of hydrogen-bond acceptors (Lipinski definition) is 3. The fraction of sp³-hybridized carbons (Fsp3) is 0.111. The molecule has 1 heterocycles. The molecular formula is C9H8BrClN4. The van der Waals surface area contributed by atoms with E-state index in [4.69, 9.17) is 17.3 Å². The van der Waals surface area contributed by atoms with Crippen LogP contribution in [-0.4, -0.2) is 15.2 Å². The number of H-pyrrole nitrogens is 1. The van der Waals surface area contributed by atoms with E-state index in [9.17, 15) is 0 Å². The van der Waals surface area contributed by atoms with Crippen molar-refractivity contribution >= 4 is 27.5 Å². The molecule has 0 saturated heterocycles. The number of benzene rings is 1. The molecule has 1 aromatic carbocycles. The van der Waals surface area contributed by atoms with Crippen molar-refractivity contribution in [2.75, 3.05) is 0 Å². The van der Waals surface area contributed by atoms with E-state index in [0.29, 0.717) is 23.2 Å². The summed E-state index contributed by atoms with van der Waals surface area (Å²) in [6, 6.07) is 5.52. The molecule has 2 rings (SSSR count). The molecule has 4 nitrogen and oxygen atoms in total. The normalized spacial score (nSPS) is 10.6. The van der Waals surface area contributed by atoms with Gasteiger partial charge in [-0.25, -0.2) is 4.98 Å². The number of aromatic amines is 1. The van der Waals surface area contributed by atoms with Crippen LogP contribution in [0.5, 0.6) is 0 Å². The van der Waals surface area contributed by atoms with Crippen molar-refractivity contribution in [3.05, 3.63) is 33.5 Å². The van der Waals surface area contributed by atoms with E-state index in [0.717, 1.165) is 10.0 Å². The first-order chi connectivity index (χ1) is 7.20. The Morgan fingerprint density at radius 2 is 2.27 bits per heavy atom. The highest BCUT2D eigenvalue weighted by Crippen LogP contribution is 2.26. The Hall–Kier alpha value is -0.910. The third-order valence-electron chi connectivity index (χ3n) is 1.90. The Morgan fingerprint density at radius 1 is 1.47 bits per heavy atom. The lowest BCUT2D eigenvalue weighted by molar-refractivity contribution is 0.917. The van der Waals surface area contributed by atoms with Crippen LogP contribution in [0.1, 0.15) is 5.82 Å². The number of rotatable bonds is 2. The van der Waals surface area contributed by atoms with Gasteiger partial charge in [0.05, 0.1) is 11.6 Å². The molecule has 0 aliphatic carbocycles. The number of hydrogen-bond donors (Lipinski definition) is 2. The summed E-state index contributed by atoms with van der Waals surface area (Å²) in [4.78, 5) is 4.21. The van der Waals surface area contributed by atoms with Crippen molar-refractivity contribution in [1.82, 2.24) is 15.2 Å². The molecule has 0 aliphatic rings. The summed E-state index contributed by atoms with van der Waals surface area (Å²) in [7, 11) is 0. The summed E-state index contributed by atoms with van der Waals surface area (Å²) in [6.07, 6.45) is 0. The molecule has 0 atom stereocenters. The van der Waals surface area contributed by atoms with Gasteiger partial charge in [-0.2, -0.15) is 5.10 Å². The molecule has 78 valence electrons. The first-order valence-electron chi connectivity index (χ1n) is 4.27. The van der Waals surface area contributed by atoms with E-state index in [2.05, 4.69) is 31.1 Å². The van der Waals surface area contributed by atoms with Gasteiger partial charge < -0.3 is 5.73 Å². The Labute approximate surface area is 100.0 Å². The smallest absolute Gasteiger partial charge is 0.181 e. The van der Waals surface area contributed by atoms with Gasteiger partial charge in [0.25, 0.3) is 0 Å². The topological polar surface area (TPSA) is 67.6 Å². The summed E-state index contributed by atoms with van der Waals surface area (Å²) >= 11 is 9.23. The van der Waals surface area contributed by atoms with Gasteiger partial charge >= 0.3 is 0 Å². The van der Waals surface area contributed by atoms with E-state index in [1.807, 2.05) is 12.1 Å². The zero-order valence-electron chi connectivity index (χ0n) is 7.67. The highest BCUT2D eigenvalue weighted by atomic mass is 79.9. The molecule has 0 unspecified atom stereocenters. The number of nitrogens with zero attached hydrogens (tertiary/aromatic N) is 2. The molecule has 0 radical (unpaired) electrons. The van der Waals surface area contributed by atoms with Gasteiger partial charge in [0.15, 0.2) is 5.82 Å². The minimum Gasteiger partial charge on any atom is -0.324 e. The third-order valence-corrected chi connectivity index (χ3v) is 3.12. The number of aromatic nitrogens is 3. The van der Waals surface area contributed by atoms with Crippen LogP contribution in [0.2, 0.25) is 5.02 Å². The maximum absolute atomic E-state index is 5.89. The van der Waals surface area contributed by atoms with Crippen molar-refractivity contribution in [1.29, 1.82) is 0 Å². The molecule has 0 spiro atoms. The monoisotopic (exact) mass is 286 g/mol. The van der Waals surface area contributed by atoms with Crippen molar-refractivity contribution in [2.45, 2.75) is 6.54 Å². The fourth-order valence-corrected chi connectivity index (χ4v) is 1.65. The lowest BCUT2D eigenvalue weighted by atomic mass is 10.2. The van der Waals surface area contributed by atoms with Gasteiger partial charge in [-0.05, 0) is 34.1 Å². The summed E-state index contributed by atoms with van der Waals surface area (Å²) in [5, 5.41) is 7.46. The Bertz CT molecular complexity index is 483. The molecule has 0 fully saturated rings. The summed E-state index contributed by atoms with van der Waals surface area (Å²) < 4.78 is 0.820. The predicted octanol–water partition coefficient (Wildman–Crippen LogP) is 2.35. The Balaban J connectivity index is 2.40. The third kappa shape index (κ3) is 2.19. The van der Waals surface area contributed by atoms with Crippen LogP contribution >= 0.6 is 27.5 Å². The molecule has 0 aliphatic heterocycles. The van der Waals surface area contributed by atoms with Crippen molar-refractivity contribution in [2.24, 2.45) is 5.73 Å². The van der Waals surface area contributed by atoms with E-state index < -0.39 is 0 Å². The number of halogens is 2. The molecule has 6 heteroatoms. The lowest BCUT2D eigenvalue weighted by Crippen LogP contribution is -1.97. The quantitative estimate of drug-likeness (QED) is 0.891. The van der Waals surface area contributed by atoms with Crippen molar-refractivity contribution in [3.8, 4) is 11.4 Å². The highest BCUT2D eigenvalue weighted by Gasteiger charge is 2.06. The van der Waals surface area contributed by atoms with E-state index in [1.54, 1.807) is 6.07 Å². The number of nitrogens with two attached hydrogens (primary N) is 1. The van der Waals surface area contributed by atoms with Crippen LogP contribution in [0.15, 0.2) is 22.7 Å². The predicted molar refractivity (Wildman–Crippen MR) is 62.4 cm³/mol. The standard InChI is InChI=1S/C9H8BrClN4/c10-6-3-5(1-2-7(6)11)9-13-8(4-12)14-15-9/h1-3H,4,12H2,(H,13,14,15).